The van der Waals surface area contributed by atoms with Crippen LogP contribution in [0.1, 0.15) is 19.3 Å². The van der Waals surface area contributed by atoms with Crippen LogP contribution >= 0.6 is 0 Å². The maximum Gasteiger partial charge on any atom is 0.0978 e. The first-order chi connectivity index (χ1) is 6.35. The minimum Gasteiger partial charge on any atom is -0.287 e. The summed E-state index contributed by atoms with van der Waals surface area (Å²) in [6.07, 6.45) is 5.61. The highest BCUT2D eigenvalue weighted by Crippen LogP contribution is 2.34. The highest BCUT2D eigenvalue weighted by Gasteiger charge is 2.34. The molecule has 3 heterocycles. The lowest BCUT2D eigenvalue weighted by Gasteiger charge is -2.34. The summed E-state index contributed by atoms with van der Waals surface area (Å²) in [5.41, 5.74) is 0. The van der Waals surface area contributed by atoms with Crippen molar-refractivity contribution < 1.29 is 0 Å². The van der Waals surface area contributed by atoms with Crippen molar-refractivity contribution in [2.24, 2.45) is 11.8 Å². The van der Waals surface area contributed by atoms with Crippen molar-refractivity contribution in [3.05, 3.63) is 12.7 Å². The molecule has 0 saturated carbocycles. The van der Waals surface area contributed by atoms with Crippen LogP contribution in [0.4, 0.5) is 0 Å². The summed E-state index contributed by atoms with van der Waals surface area (Å²) in [5.74, 6) is 1.43. The SMILES string of the molecule is C=C[C@H]1CN2CC[C@H]1CC[C@H]2C#N. The zero-order valence-electron chi connectivity index (χ0n) is 7.95. The molecule has 4 atom stereocenters. The van der Waals surface area contributed by atoms with Gasteiger partial charge in [-0.15, -0.1) is 6.58 Å². The molecule has 2 heteroatoms. The standard InChI is InChI=1S/C11H16N2/c1-2-9-8-13-6-5-10(9)3-4-11(13)7-12/h2,9-11H,1,3-6,8H2/t9-,10+,11-/m0/s1. The minimum absolute atomic E-state index is 0.176. The van der Waals surface area contributed by atoms with Crippen molar-refractivity contribution in [3.8, 4) is 6.07 Å². The number of fused-ring (bicyclic) bond motifs is 4. The van der Waals surface area contributed by atoms with Gasteiger partial charge < -0.3 is 0 Å². The Morgan fingerprint density at radius 1 is 1.38 bits per heavy atom. The summed E-state index contributed by atoms with van der Waals surface area (Å²) < 4.78 is 0. The Morgan fingerprint density at radius 3 is 2.92 bits per heavy atom. The molecule has 3 fully saturated rings. The fourth-order valence-electron chi connectivity index (χ4n) is 2.67. The lowest BCUT2D eigenvalue weighted by molar-refractivity contribution is 0.161. The van der Waals surface area contributed by atoms with Gasteiger partial charge >= 0.3 is 0 Å². The Balaban J connectivity index is 2.16. The smallest absolute Gasteiger partial charge is 0.0978 e. The van der Waals surface area contributed by atoms with Gasteiger partial charge in [0.05, 0.1) is 12.1 Å². The molecule has 3 rings (SSSR count). The van der Waals surface area contributed by atoms with Crippen LogP contribution in [0.3, 0.4) is 0 Å². The van der Waals surface area contributed by atoms with Gasteiger partial charge in [0.25, 0.3) is 0 Å². The molecule has 2 nitrogen and oxygen atoms in total. The molecule has 0 aromatic heterocycles. The van der Waals surface area contributed by atoms with Crippen LogP contribution in [0.25, 0.3) is 0 Å². The van der Waals surface area contributed by atoms with Crippen molar-refractivity contribution in [1.29, 1.82) is 5.26 Å². The van der Waals surface area contributed by atoms with E-state index in [1.165, 1.54) is 12.8 Å². The Hall–Kier alpha value is -0.810. The van der Waals surface area contributed by atoms with E-state index in [0.717, 1.165) is 25.4 Å². The Bertz CT molecular complexity index is 241. The molecule has 0 spiro atoms. The predicted octanol–water partition coefficient (Wildman–Crippen LogP) is 1.80. The Labute approximate surface area is 79.8 Å². The summed E-state index contributed by atoms with van der Waals surface area (Å²) in [5, 5.41) is 8.98. The zero-order chi connectivity index (χ0) is 9.26. The molecular formula is C11H16N2. The zero-order valence-corrected chi connectivity index (χ0v) is 7.95. The quantitative estimate of drug-likeness (QED) is 0.570. The molecule has 0 radical (unpaired) electrons. The summed E-state index contributed by atoms with van der Waals surface area (Å²) >= 11 is 0. The van der Waals surface area contributed by atoms with Crippen molar-refractivity contribution in [3.63, 3.8) is 0 Å². The molecule has 1 unspecified atom stereocenters. The van der Waals surface area contributed by atoms with E-state index in [2.05, 4.69) is 23.6 Å². The maximum absolute atomic E-state index is 8.98. The van der Waals surface area contributed by atoms with E-state index >= 15 is 0 Å². The second-order valence-corrected chi connectivity index (χ2v) is 4.17. The average Bonchev–Trinajstić information content (AvgIpc) is 2.47. The summed E-state index contributed by atoms with van der Waals surface area (Å²) in [6, 6.07) is 2.58. The first kappa shape index (κ1) is 8.77. The summed E-state index contributed by atoms with van der Waals surface area (Å²) in [6.45, 7) is 6.07. The molecule has 2 bridgehead atoms. The number of rotatable bonds is 1. The van der Waals surface area contributed by atoms with E-state index in [1.807, 2.05) is 0 Å². The Kier molecular flexibility index (Phi) is 2.37. The fourth-order valence-corrected chi connectivity index (χ4v) is 2.67. The van der Waals surface area contributed by atoms with Crippen LogP contribution in [0.5, 0.6) is 0 Å². The van der Waals surface area contributed by atoms with Gasteiger partial charge in [-0.2, -0.15) is 5.26 Å². The van der Waals surface area contributed by atoms with Crippen molar-refractivity contribution >= 4 is 0 Å². The molecule has 13 heavy (non-hydrogen) atoms. The predicted molar refractivity (Wildman–Crippen MR) is 52.0 cm³/mol. The Morgan fingerprint density at radius 2 is 2.23 bits per heavy atom. The first-order valence-corrected chi connectivity index (χ1v) is 5.11. The monoisotopic (exact) mass is 176 g/mol. The van der Waals surface area contributed by atoms with Gasteiger partial charge in [0, 0.05) is 6.54 Å². The van der Waals surface area contributed by atoms with Gasteiger partial charge in [-0.25, -0.2) is 0 Å². The normalized spacial score (nSPS) is 43.6. The van der Waals surface area contributed by atoms with Gasteiger partial charge in [-0.3, -0.25) is 4.90 Å². The number of hydrogen-bond acceptors (Lipinski definition) is 2. The maximum atomic E-state index is 8.98. The average molecular weight is 176 g/mol. The molecule has 0 aromatic rings. The second kappa shape index (κ2) is 3.51. The molecule has 0 amide bonds. The summed E-state index contributed by atoms with van der Waals surface area (Å²) in [7, 11) is 0. The van der Waals surface area contributed by atoms with E-state index < -0.39 is 0 Å². The van der Waals surface area contributed by atoms with Crippen molar-refractivity contribution in [2.75, 3.05) is 13.1 Å². The molecular weight excluding hydrogens is 160 g/mol. The van der Waals surface area contributed by atoms with Crippen LogP contribution in [-0.2, 0) is 0 Å². The number of piperidine rings is 1. The molecule has 0 N–H and O–H groups in total. The number of nitriles is 1. The van der Waals surface area contributed by atoms with Gasteiger partial charge in [0.2, 0.25) is 0 Å². The van der Waals surface area contributed by atoms with Crippen LogP contribution in [0, 0.1) is 23.2 Å². The highest BCUT2D eigenvalue weighted by molar-refractivity contribution is 5.02. The van der Waals surface area contributed by atoms with Crippen molar-refractivity contribution in [1.82, 2.24) is 4.90 Å². The molecule has 3 saturated heterocycles. The van der Waals surface area contributed by atoms with E-state index in [0.29, 0.717) is 5.92 Å². The third kappa shape index (κ3) is 1.49. The third-order valence-corrected chi connectivity index (χ3v) is 3.54. The van der Waals surface area contributed by atoms with E-state index in [1.54, 1.807) is 0 Å². The van der Waals surface area contributed by atoms with Gasteiger partial charge in [-0.05, 0) is 37.6 Å². The number of hydrogen-bond donors (Lipinski definition) is 0. The highest BCUT2D eigenvalue weighted by atomic mass is 15.2. The molecule has 0 aromatic carbocycles. The van der Waals surface area contributed by atoms with E-state index in [-0.39, 0.29) is 6.04 Å². The lowest BCUT2D eigenvalue weighted by atomic mass is 9.85. The van der Waals surface area contributed by atoms with E-state index in [9.17, 15) is 0 Å². The fraction of sp³-hybridized carbons (Fsp3) is 0.727. The molecule has 3 aliphatic heterocycles. The topological polar surface area (TPSA) is 27.0 Å². The van der Waals surface area contributed by atoms with Gasteiger partial charge in [0.1, 0.15) is 0 Å². The van der Waals surface area contributed by atoms with E-state index in [4.69, 9.17) is 5.26 Å². The van der Waals surface area contributed by atoms with Crippen LogP contribution in [0.2, 0.25) is 0 Å². The molecule has 3 aliphatic rings. The second-order valence-electron chi connectivity index (χ2n) is 4.17. The third-order valence-electron chi connectivity index (χ3n) is 3.54. The van der Waals surface area contributed by atoms with Crippen LogP contribution in [-0.4, -0.2) is 24.0 Å². The van der Waals surface area contributed by atoms with Gasteiger partial charge in [0.15, 0.2) is 0 Å². The first-order valence-electron chi connectivity index (χ1n) is 5.11. The molecule has 70 valence electrons. The van der Waals surface area contributed by atoms with Crippen LogP contribution in [0.15, 0.2) is 12.7 Å². The van der Waals surface area contributed by atoms with Crippen molar-refractivity contribution in [2.45, 2.75) is 25.3 Å². The minimum atomic E-state index is 0.176. The largest absolute Gasteiger partial charge is 0.287 e. The van der Waals surface area contributed by atoms with Crippen LogP contribution < -0.4 is 0 Å². The number of nitrogens with zero attached hydrogens (tertiary/aromatic N) is 2. The van der Waals surface area contributed by atoms with Gasteiger partial charge in [-0.1, -0.05) is 6.08 Å². The summed E-state index contributed by atoms with van der Waals surface area (Å²) in [4.78, 5) is 2.33. The lowest BCUT2D eigenvalue weighted by Crippen LogP contribution is -2.41. The molecule has 0 aliphatic carbocycles.